The smallest absolute Gasteiger partial charge is 0.319 e. The molecule has 3 amide bonds. The second-order valence-corrected chi connectivity index (χ2v) is 7.07. The van der Waals surface area contributed by atoms with Gasteiger partial charge in [0.15, 0.2) is 0 Å². The summed E-state index contributed by atoms with van der Waals surface area (Å²) in [4.78, 5) is 24.3. The number of rotatable bonds is 6. The number of methoxy groups -OCH3 is 1. The van der Waals surface area contributed by atoms with Crippen LogP contribution in [0, 0.1) is 6.92 Å². The molecule has 0 bridgehead atoms. The first-order valence-electron chi connectivity index (χ1n) is 8.67. The molecule has 1 aliphatic rings. The molecule has 0 saturated heterocycles. The highest BCUT2D eigenvalue weighted by Crippen LogP contribution is 2.46. The SMILES string of the molecule is COCC(=O)Nc1cccc(NC(=O)NC2(c3cccc(Cl)c3)CC2)c1C. The number of hydrogen-bond donors (Lipinski definition) is 3. The number of hydrogen-bond acceptors (Lipinski definition) is 3. The van der Waals surface area contributed by atoms with Crippen molar-refractivity contribution in [2.24, 2.45) is 0 Å². The molecular formula is C20H22ClN3O3. The van der Waals surface area contributed by atoms with Crippen molar-refractivity contribution < 1.29 is 14.3 Å². The van der Waals surface area contributed by atoms with Crippen LogP contribution in [-0.4, -0.2) is 25.7 Å². The molecule has 0 unspecified atom stereocenters. The molecule has 2 aromatic rings. The molecule has 0 spiro atoms. The molecule has 0 aliphatic heterocycles. The van der Waals surface area contributed by atoms with Crippen molar-refractivity contribution in [3.8, 4) is 0 Å². The lowest BCUT2D eigenvalue weighted by Gasteiger charge is -2.20. The highest BCUT2D eigenvalue weighted by Gasteiger charge is 2.45. The molecule has 6 nitrogen and oxygen atoms in total. The van der Waals surface area contributed by atoms with Gasteiger partial charge in [0.2, 0.25) is 5.91 Å². The average Bonchev–Trinajstić information content (AvgIpc) is 3.39. The van der Waals surface area contributed by atoms with Gasteiger partial charge in [-0.25, -0.2) is 4.79 Å². The Hall–Kier alpha value is -2.57. The number of amides is 3. The van der Waals surface area contributed by atoms with Gasteiger partial charge in [0.25, 0.3) is 0 Å². The third-order valence-corrected chi connectivity index (χ3v) is 4.85. The predicted molar refractivity (Wildman–Crippen MR) is 106 cm³/mol. The van der Waals surface area contributed by atoms with Crippen LogP contribution >= 0.6 is 11.6 Å². The van der Waals surface area contributed by atoms with E-state index in [1.54, 1.807) is 18.2 Å². The monoisotopic (exact) mass is 387 g/mol. The fourth-order valence-electron chi connectivity index (χ4n) is 2.99. The van der Waals surface area contributed by atoms with Crippen LogP contribution in [0.1, 0.15) is 24.0 Å². The number of benzene rings is 2. The second-order valence-electron chi connectivity index (χ2n) is 6.63. The van der Waals surface area contributed by atoms with Gasteiger partial charge < -0.3 is 20.7 Å². The van der Waals surface area contributed by atoms with E-state index in [4.69, 9.17) is 16.3 Å². The Morgan fingerprint density at radius 2 is 1.78 bits per heavy atom. The number of ether oxygens (including phenoxy) is 1. The molecule has 142 valence electrons. The molecular weight excluding hydrogens is 366 g/mol. The Morgan fingerprint density at radius 1 is 1.11 bits per heavy atom. The van der Waals surface area contributed by atoms with Crippen LogP contribution in [0.3, 0.4) is 0 Å². The van der Waals surface area contributed by atoms with Crippen molar-refractivity contribution in [3.05, 3.63) is 58.6 Å². The predicted octanol–water partition coefficient (Wildman–Crippen LogP) is 4.04. The van der Waals surface area contributed by atoms with Gasteiger partial charge in [-0.3, -0.25) is 4.79 Å². The van der Waals surface area contributed by atoms with Crippen LogP contribution in [0.15, 0.2) is 42.5 Å². The van der Waals surface area contributed by atoms with Crippen molar-refractivity contribution in [1.29, 1.82) is 0 Å². The highest BCUT2D eigenvalue weighted by molar-refractivity contribution is 6.30. The van der Waals surface area contributed by atoms with Crippen molar-refractivity contribution in [2.45, 2.75) is 25.3 Å². The summed E-state index contributed by atoms with van der Waals surface area (Å²) < 4.78 is 4.82. The number of urea groups is 1. The minimum absolute atomic E-state index is 0.0280. The van der Waals surface area contributed by atoms with E-state index >= 15 is 0 Å². The maximum atomic E-state index is 12.6. The van der Waals surface area contributed by atoms with Crippen molar-refractivity contribution in [3.63, 3.8) is 0 Å². The maximum Gasteiger partial charge on any atom is 0.319 e. The quantitative estimate of drug-likeness (QED) is 0.699. The number of nitrogens with one attached hydrogen (secondary N) is 3. The molecule has 1 aliphatic carbocycles. The summed E-state index contributed by atoms with van der Waals surface area (Å²) in [6.07, 6.45) is 1.74. The molecule has 0 aromatic heterocycles. The van der Waals surface area contributed by atoms with Crippen LogP contribution in [-0.2, 0) is 15.1 Å². The topological polar surface area (TPSA) is 79.5 Å². The van der Waals surface area contributed by atoms with Gasteiger partial charge in [0.05, 0.1) is 5.54 Å². The third kappa shape index (κ3) is 4.59. The Bertz CT molecular complexity index is 865. The zero-order valence-electron chi connectivity index (χ0n) is 15.3. The van der Waals surface area contributed by atoms with Gasteiger partial charge in [-0.15, -0.1) is 0 Å². The Morgan fingerprint density at radius 3 is 2.41 bits per heavy atom. The summed E-state index contributed by atoms with van der Waals surface area (Å²) in [7, 11) is 1.46. The van der Waals surface area contributed by atoms with Gasteiger partial charge in [0, 0.05) is 23.5 Å². The van der Waals surface area contributed by atoms with Gasteiger partial charge in [0.1, 0.15) is 6.61 Å². The lowest BCUT2D eigenvalue weighted by atomic mass is 10.1. The fraction of sp³-hybridized carbons (Fsp3) is 0.300. The van der Waals surface area contributed by atoms with Crippen LogP contribution in [0.5, 0.6) is 0 Å². The first-order chi connectivity index (χ1) is 12.9. The van der Waals surface area contributed by atoms with Crippen LogP contribution in [0.4, 0.5) is 16.2 Å². The minimum Gasteiger partial charge on any atom is -0.375 e. The van der Waals surface area contributed by atoms with Gasteiger partial charge in [-0.1, -0.05) is 29.8 Å². The van der Waals surface area contributed by atoms with Crippen LogP contribution in [0.2, 0.25) is 5.02 Å². The van der Waals surface area contributed by atoms with E-state index in [2.05, 4.69) is 16.0 Å². The molecule has 3 N–H and O–H groups in total. The van der Waals surface area contributed by atoms with E-state index in [1.165, 1.54) is 7.11 Å². The Balaban J connectivity index is 1.69. The normalized spacial score (nSPS) is 14.3. The summed E-state index contributed by atoms with van der Waals surface area (Å²) in [6.45, 7) is 1.81. The van der Waals surface area contributed by atoms with Crippen molar-refractivity contribution in [2.75, 3.05) is 24.4 Å². The minimum atomic E-state index is -0.368. The van der Waals surface area contributed by atoms with E-state index in [0.717, 1.165) is 24.0 Å². The molecule has 7 heteroatoms. The number of carbonyl (C=O) groups excluding carboxylic acids is 2. The Kier molecular flexibility index (Phi) is 5.68. The zero-order valence-corrected chi connectivity index (χ0v) is 16.0. The largest absolute Gasteiger partial charge is 0.375 e. The maximum absolute atomic E-state index is 12.6. The van der Waals surface area contributed by atoms with E-state index in [1.807, 2.05) is 31.2 Å². The lowest BCUT2D eigenvalue weighted by Crippen LogP contribution is -2.38. The van der Waals surface area contributed by atoms with Crippen molar-refractivity contribution in [1.82, 2.24) is 5.32 Å². The number of carbonyl (C=O) groups is 2. The summed E-state index contributed by atoms with van der Waals surface area (Å²) in [5, 5.41) is 9.34. The van der Waals surface area contributed by atoms with Crippen LogP contribution < -0.4 is 16.0 Å². The Labute approximate surface area is 163 Å². The molecule has 27 heavy (non-hydrogen) atoms. The van der Waals surface area contributed by atoms with E-state index < -0.39 is 0 Å². The van der Waals surface area contributed by atoms with E-state index in [-0.39, 0.29) is 24.1 Å². The van der Waals surface area contributed by atoms with E-state index in [9.17, 15) is 9.59 Å². The molecule has 2 aromatic carbocycles. The second kappa shape index (κ2) is 7.98. The number of anilines is 2. The lowest BCUT2D eigenvalue weighted by molar-refractivity contribution is -0.119. The van der Waals surface area contributed by atoms with Gasteiger partial charge >= 0.3 is 6.03 Å². The molecule has 3 rings (SSSR count). The zero-order chi connectivity index (χ0) is 19.4. The highest BCUT2D eigenvalue weighted by atomic mass is 35.5. The summed E-state index contributed by atoms with van der Waals surface area (Å²) in [6, 6.07) is 12.6. The number of halogens is 1. The molecule has 0 radical (unpaired) electrons. The first kappa shape index (κ1) is 19.2. The average molecular weight is 388 g/mol. The van der Waals surface area contributed by atoms with Crippen molar-refractivity contribution >= 4 is 34.9 Å². The summed E-state index contributed by atoms with van der Waals surface area (Å²) >= 11 is 6.08. The van der Waals surface area contributed by atoms with Gasteiger partial charge in [-0.2, -0.15) is 0 Å². The molecule has 1 fully saturated rings. The molecule has 1 saturated carbocycles. The molecule has 0 heterocycles. The molecule has 0 atom stereocenters. The van der Waals surface area contributed by atoms with Gasteiger partial charge in [-0.05, 0) is 55.2 Å². The fourth-order valence-corrected chi connectivity index (χ4v) is 3.18. The summed E-state index contributed by atoms with van der Waals surface area (Å²) in [5.41, 5.74) is 2.66. The standard InChI is InChI=1S/C20H22ClN3O3/c1-13-16(22-18(25)12-27-2)7-4-8-17(13)23-19(26)24-20(9-10-20)14-5-3-6-15(21)11-14/h3-8,11H,9-10,12H2,1-2H3,(H,22,25)(H2,23,24,26). The summed E-state index contributed by atoms with van der Waals surface area (Å²) in [5.74, 6) is -0.250. The third-order valence-electron chi connectivity index (χ3n) is 4.61. The van der Waals surface area contributed by atoms with Crippen LogP contribution in [0.25, 0.3) is 0 Å². The first-order valence-corrected chi connectivity index (χ1v) is 9.05. The van der Waals surface area contributed by atoms with E-state index in [0.29, 0.717) is 16.4 Å².